The van der Waals surface area contributed by atoms with E-state index in [2.05, 4.69) is 28.2 Å². The van der Waals surface area contributed by atoms with Gasteiger partial charge >= 0.3 is 6.03 Å². The molecule has 0 radical (unpaired) electrons. The summed E-state index contributed by atoms with van der Waals surface area (Å²) in [5.41, 5.74) is 1.35. The average molecular weight is 341 g/mol. The van der Waals surface area contributed by atoms with Crippen LogP contribution in [0.25, 0.3) is 0 Å². The highest BCUT2D eigenvalue weighted by atomic mass is 35.5. The number of rotatable bonds is 4. The lowest BCUT2D eigenvalue weighted by Gasteiger charge is -2.27. The van der Waals surface area contributed by atoms with Crippen molar-refractivity contribution in [3.8, 4) is 0 Å². The first-order valence-corrected chi connectivity index (χ1v) is 7.77. The van der Waals surface area contributed by atoms with E-state index in [-0.39, 0.29) is 30.3 Å². The first kappa shape index (κ1) is 19.3. The van der Waals surface area contributed by atoms with Crippen LogP contribution in [-0.2, 0) is 4.79 Å². The quantitative estimate of drug-likeness (QED) is 0.680. The Morgan fingerprint density at radius 3 is 2.61 bits per heavy atom. The van der Waals surface area contributed by atoms with E-state index in [1.807, 2.05) is 19.1 Å². The van der Waals surface area contributed by atoms with Crippen LogP contribution in [-0.4, -0.2) is 31.1 Å². The van der Waals surface area contributed by atoms with Gasteiger partial charge in [-0.05, 0) is 51.4 Å². The van der Waals surface area contributed by atoms with Gasteiger partial charge in [-0.2, -0.15) is 0 Å². The molecule has 1 fully saturated rings. The predicted octanol–water partition coefficient (Wildman–Crippen LogP) is 2.58. The van der Waals surface area contributed by atoms with Gasteiger partial charge < -0.3 is 21.3 Å². The summed E-state index contributed by atoms with van der Waals surface area (Å²) < 4.78 is 0. The maximum Gasteiger partial charge on any atom is 0.319 e. The van der Waals surface area contributed by atoms with E-state index >= 15 is 0 Å². The largest absolute Gasteiger partial charge is 0.338 e. The van der Waals surface area contributed by atoms with Crippen molar-refractivity contribution in [2.24, 2.45) is 5.92 Å². The van der Waals surface area contributed by atoms with Gasteiger partial charge in [0.05, 0.1) is 0 Å². The van der Waals surface area contributed by atoms with Crippen LogP contribution in [0.4, 0.5) is 16.2 Å². The van der Waals surface area contributed by atoms with Crippen molar-refractivity contribution >= 4 is 35.7 Å². The Kier molecular flexibility index (Phi) is 7.85. The highest BCUT2D eigenvalue weighted by Gasteiger charge is 2.24. The fourth-order valence-corrected chi connectivity index (χ4v) is 2.62. The molecular weight excluding hydrogens is 316 g/mol. The molecule has 6 nitrogen and oxygen atoms in total. The lowest BCUT2D eigenvalue weighted by atomic mass is 9.92. The van der Waals surface area contributed by atoms with Crippen LogP contribution in [0.15, 0.2) is 24.3 Å². The number of carbonyl (C=O) groups excluding carboxylic acids is 2. The molecule has 23 heavy (non-hydrogen) atoms. The molecule has 4 N–H and O–H groups in total. The molecule has 1 aliphatic heterocycles. The Morgan fingerprint density at radius 1 is 1.26 bits per heavy atom. The lowest BCUT2D eigenvalue weighted by Crippen LogP contribution is -2.40. The molecule has 0 unspecified atom stereocenters. The van der Waals surface area contributed by atoms with Crippen molar-refractivity contribution in [3.63, 3.8) is 0 Å². The molecule has 1 aromatic carbocycles. The van der Waals surface area contributed by atoms with Crippen LogP contribution in [0.5, 0.6) is 0 Å². The standard InChI is InChI=1S/C16H24N4O2.ClH/c1-3-17-16(22)20-14-6-4-5-13(10-14)19-15(21)12-7-8-18-11(2)9-12;/h4-6,10-12,18H,3,7-9H2,1-2H3,(H,19,21)(H2,17,20,22);1H/t11-,12-;/m0./s1. The second-order valence-corrected chi connectivity index (χ2v) is 5.63. The van der Waals surface area contributed by atoms with Crippen LogP contribution in [0, 0.1) is 5.92 Å². The zero-order chi connectivity index (χ0) is 15.9. The summed E-state index contributed by atoms with van der Waals surface area (Å²) in [4.78, 5) is 23.8. The Hall–Kier alpha value is -1.79. The smallest absolute Gasteiger partial charge is 0.319 e. The molecule has 1 heterocycles. The second-order valence-electron chi connectivity index (χ2n) is 5.63. The lowest BCUT2D eigenvalue weighted by molar-refractivity contribution is -0.120. The van der Waals surface area contributed by atoms with Crippen molar-refractivity contribution in [2.75, 3.05) is 23.7 Å². The Bertz CT molecular complexity index is 539. The zero-order valence-corrected chi connectivity index (χ0v) is 14.3. The summed E-state index contributed by atoms with van der Waals surface area (Å²) in [5.74, 6) is 0.0831. The topological polar surface area (TPSA) is 82.3 Å². The molecule has 0 aromatic heterocycles. The van der Waals surface area contributed by atoms with Crippen LogP contribution in [0.1, 0.15) is 26.7 Å². The normalized spacial score (nSPS) is 20.1. The van der Waals surface area contributed by atoms with Gasteiger partial charge in [-0.15, -0.1) is 12.4 Å². The Morgan fingerprint density at radius 2 is 1.96 bits per heavy atom. The molecule has 1 aliphatic rings. The third kappa shape index (κ3) is 6.08. The molecule has 2 atom stereocenters. The van der Waals surface area contributed by atoms with Gasteiger partial charge in [0.15, 0.2) is 0 Å². The highest BCUT2D eigenvalue weighted by molar-refractivity contribution is 5.94. The minimum Gasteiger partial charge on any atom is -0.338 e. The van der Waals surface area contributed by atoms with Crippen molar-refractivity contribution in [1.29, 1.82) is 0 Å². The van der Waals surface area contributed by atoms with E-state index in [4.69, 9.17) is 0 Å². The maximum absolute atomic E-state index is 12.3. The monoisotopic (exact) mass is 340 g/mol. The van der Waals surface area contributed by atoms with Gasteiger partial charge in [0.2, 0.25) is 5.91 Å². The van der Waals surface area contributed by atoms with E-state index < -0.39 is 0 Å². The van der Waals surface area contributed by atoms with E-state index in [1.165, 1.54) is 0 Å². The first-order chi connectivity index (χ1) is 10.6. The Balaban J connectivity index is 0.00000264. The summed E-state index contributed by atoms with van der Waals surface area (Å²) in [6.45, 7) is 5.39. The van der Waals surface area contributed by atoms with E-state index in [9.17, 15) is 9.59 Å². The van der Waals surface area contributed by atoms with Crippen LogP contribution in [0.3, 0.4) is 0 Å². The highest BCUT2D eigenvalue weighted by Crippen LogP contribution is 2.20. The fourth-order valence-electron chi connectivity index (χ4n) is 2.62. The van der Waals surface area contributed by atoms with Crippen molar-refractivity contribution in [1.82, 2.24) is 10.6 Å². The summed E-state index contributed by atoms with van der Waals surface area (Å²) in [6, 6.07) is 7.30. The molecule has 0 bridgehead atoms. The number of urea groups is 1. The minimum absolute atomic E-state index is 0. The maximum atomic E-state index is 12.3. The third-order valence-corrected chi connectivity index (χ3v) is 3.72. The number of hydrogen-bond donors (Lipinski definition) is 4. The van der Waals surface area contributed by atoms with E-state index in [1.54, 1.807) is 12.1 Å². The average Bonchev–Trinajstić information content (AvgIpc) is 2.47. The number of piperidine rings is 1. The predicted molar refractivity (Wildman–Crippen MR) is 95.2 cm³/mol. The number of hydrogen-bond acceptors (Lipinski definition) is 3. The molecular formula is C16H25ClN4O2. The van der Waals surface area contributed by atoms with Gasteiger partial charge in [0, 0.05) is 29.9 Å². The molecule has 7 heteroatoms. The number of halogens is 1. The molecule has 0 saturated carbocycles. The summed E-state index contributed by atoms with van der Waals surface area (Å²) >= 11 is 0. The van der Waals surface area contributed by atoms with E-state index in [0.717, 1.165) is 19.4 Å². The van der Waals surface area contributed by atoms with Crippen LogP contribution < -0.4 is 21.3 Å². The summed E-state index contributed by atoms with van der Waals surface area (Å²) in [6.07, 6.45) is 1.70. The second kappa shape index (κ2) is 9.37. The number of amides is 3. The molecule has 3 amide bonds. The number of carbonyl (C=O) groups is 2. The van der Waals surface area contributed by atoms with Gasteiger partial charge in [-0.25, -0.2) is 4.79 Å². The van der Waals surface area contributed by atoms with Gasteiger partial charge in [0.25, 0.3) is 0 Å². The first-order valence-electron chi connectivity index (χ1n) is 7.77. The molecule has 128 valence electrons. The van der Waals surface area contributed by atoms with Crippen molar-refractivity contribution in [2.45, 2.75) is 32.7 Å². The SMILES string of the molecule is CCNC(=O)Nc1cccc(NC(=O)[C@H]2CCN[C@@H](C)C2)c1.Cl. The molecule has 1 saturated heterocycles. The Labute approximate surface area is 143 Å². The minimum atomic E-state index is -0.252. The molecule has 2 rings (SSSR count). The molecule has 0 aliphatic carbocycles. The zero-order valence-electron chi connectivity index (χ0n) is 13.5. The summed E-state index contributed by atoms with van der Waals surface area (Å²) in [5, 5.41) is 11.7. The van der Waals surface area contributed by atoms with Crippen molar-refractivity contribution in [3.05, 3.63) is 24.3 Å². The number of benzene rings is 1. The summed E-state index contributed by atoms with van der Waals surface area (Å²) in [7, 11) is 0. The molecule has 0 spiro atoms. The third-order valence-electron chi connectivity index (χ3n) is 3.72. The van der Waals surface area contributed by atoms with Gasteiger partial charge in [-0.3, -0.25) is 4.79 Å². The number of anilines is 2. The van der Waals surface area contributed by atoms with Crippen LogP contribution in [0.2, 0.25) is 0 Å². The van der Waals surface area contributed by atoms with Crippen LogP contribution >= 0.6 is 12.4 Å². The van der Waals surface area contributed by atoms with E-state index in [0.29, 0.717) is 24.0 Å². The fraction of sp³-hybridized carbons (Fsp3) is 0.500. The molecule has 1 aromatic rings. The van der Waals surface area contributed by atoms with Gasteiger partial charge in [-0.1, -0.05) is 6.07 Å². The number of nitrogens with one attached hydrogen (secondary N) is 4. The van der Waals surface area contributed by atoms with Gasteiger partial charge in [0.1, 0.15) is 0 Å². The van der Waals surface area contributed by atoms with Crippen molar-refractivity contribution < 1.29 is 9.59 Å².